The third-order valence-corrected chi connectivity index (χ3v) is 3.96. The molecular weight excluding hydrogens is 333 g/mol. The van der Waals surface area contributed by atoms with Gasteiger partial charge in [-0.1, -0.05) is 6.07 Å². The molecule has 130 valence electrons. The molecule has 3 N–H and O–H groups in total. The predicted molar refractivity (Wildman–Crippen MR) is 97.3 cm³/mol. The molecule has 1 unspecified atom stereocenters. The highest BCUT2D eigenvalue weighted by Crippen LogP contribution is 2.26. The predicted octanol–water partition coefficient (Wildman–Crippen LogP) is 3.10. The fraction of sp³-hybridized carbons (Fsp3) is 0.111. The second-order valence-electron chi connectivity index (χ2n) is 5.82. The molecule has 0 amide bonds. The van der Waals surface area contributed by atoms with E-state index < -0.39 is 0 Å². The van der Waals surface area contributed by atoms with E-state index in [-0.39, 0.29) is 11.9 Å². The van der Waals surface area contributed by atoms with Gasteiger partial charge in [-0.05, 0) is 31.2 Å². The Morgan fingerprint density at radius 3 is 2.77 bits per heavy atom. The van der Waals surface area contributed by atoms with E-state index in [2.05, 4.69) is 25.3 Å². The van der Waals surface area contributed by atoms with Crippen LogP contribution in [0.15, 0.2) is 55.0 Å². The number of hydrogen-bond donors (Lipinski definition) is 2. The van der Waals surface area contributed by atoms with Crippen LogP contribution in [0.25, 0.3) is 16.9 Å². The number of nitrogens with one attached hydrogen (secondary N) is 1. The molecule has 0 aliphatic carbocycles. The van der Waals surface area contributed by atoms with Crippen LogP contribution in [0.3, 0.4) is 0 Å². The molecule has 0 saturated heterocycles. The van der Waals surface area contributed by atoms with Crippen molar-refractivity contribution in [2.45, 2.75) is 13.0 Å². The monoisotopic (exact) mass is 349 g/mol. The minimum Gasteiger partial charge on any atom is -0.384 e. The highest BCUT2D eigenvalue weighted by Gasteiger charge is 2.19. The normalized spacial score (nSPS) is 12.2. The van der Waals surface area contributed by atoms with E-state index in [0.29, 0.717) is 28.8 Å². The van der Waals surface area contributed by atoms with Crippen molar-refractivity contribution in [2.75, 3.05) is 11.1 Å². The molecule has 0 saturated carbocycles. The second kappa shape index (κ2) is 6.40. The number of hydrogen-bond acceptors (Lipinski definition) is 6. The second-order valence-corrected chi connectivity index (χ2v) is 5.82. The number of fused-ring (bicyclic) bond motifs is 1. The number of nitrogens with zero attached hydrogens (tertiary/aromatic N) is 5. The van der Waals surface area contributed by atoms with Crippen LogP contribution in [0, 0.1) is 5.82 Å². The van der Waals surface area contributed by atoms with E-state index in [4.69, 9.17) is 5.73 Å². The van der Waals surface area contributed by atoms with Crippen molar-refractivity contribution in [1.82, 2.24) is 24.5 Å². The van der Waals surface area contributed by atoms with Gasteiger partial charge in [-0.2, -0.15) is 0 Å². The molecule has 4 rings (SSSR count). The van der Waals surface area contributed by atoms with Crippen LogP contribution in [0.5, 0.6) is 0 Å². The molecular formula is C18H16FN7. The third-order valence-electron chi connectivity index (χ3n) is 3.96. The first-order valence-electron chi connectivity index (χ1n) is 8.05. The summed E-state index contributed by atoms with van der Waals surface area (Å²) in [4.78, 5) is 17.1. The van der Waals surface area contributed by atoms with Crippen molar-refractivity contribution in [1.29, 1.82) is 0 Å². The Hall–Kier alpha value is -3.55. The van der Waals surface area contributed by atoms with Crippen LogP contribution in [0.4, 0.5) is 16.0 Å². The average Bonchev–Trinajstić information content (AvgIpc) is 3.01. The van der Waals surface area contributed by atoms with Crippen LogP contribution < -0.4 is 11.1 Å². The summed E-state index contributed by atoms with van der Waals surface area (Å²) < 4.78 is 15.6. The molecule has 26 heavy (non-hydrogen) atoms. The Bertz CT molecular complexity index is 1060. The Balaban J connectivity index is 1.83. The van der Waals surface area contributed by atoms with Gasteiger partial charge in [-0.3, -0.25) is 4.57 Å². The summed E-state index contributed by atoms with van der Waals surface area (Å²) in [5.74, 6) is 2.00. The van der Waals surface area contributed by atoms with E-state index in [1.54, 1.807) is 18.3 Å². The first-order chi connectivity index (χ1) is 12.6. The first kappa shape index (κ1) is 15.9. The van der Waals surface area contributed by atoms with Gasteiger partial charge in [0.15, 0.2) is 0 Å². The summed E-state index contributed by atoms with van der Waals surface area (Å²) in [6.07, 6.45) is 3.10. The number of halogens is 1. The standard InChI is InChI=1S/C18H16FN7/c1-11(24-16-9-15(20)22-10-23-16)18-25-13-8-12(19)5-6-14(13)26(18)17-4-2-3-7-21-17/h2-11H,1H3,(H3,20,22,23,24). The smallest absolute Gasteiger partial charge is 0.138 e. The Labute approximate surface area is 148 Å². The van der Waals surface area contributed by atoms with E-state index in [0.717, 1.165) is 5.52 Å². The molecule has 0 aliphatic rings. The molecule has 3 heterocycles. The number of anilines is 2. The molecule has 0 radical (unpaired) electrons. The maximum atomic E-state index is 13.7. The minimum atomic E-state index is -0.334. The van der Waals surface area contributed by atoms with Crippen LogP contribution >= 0.6 is 0 Å². The fourth-order valence-electron chi connectivity index (χ4n) is 2.83. The van der Waals surface area contributed by atoms with Gasteiger partial charge >= 0.3 is 0 Å². The van der Waals surface area contributed by atoms with Crippen molar-refractivity contribution >= 4 is 22.7 Å². The van der Waals surface area contributed by atoms with Gasteiger partial charge in [0.05, 0.1) is 17.1 Å². The van der Waals surface area contributed by atoms with E-state index in [1.165, 1.54) is 18.5 Å². The zero-order valence-corrected chi connectivity index (χ0v) is 14.0. The first-order valence-corrected chi connectivity index (χ1v) is 8.05. The number of pyridine rings is 1. The Kier molecular flexibility index (Phi) is 3.92. The number of nitrogens with two attached hydrogens (primary N) is 1. The molecule has 1 aromatic carbocycles. The average molecular weight is 349 g/mol. The van der Waals surface area contributed by atoms with E-state index >= 15 is 0 Å². The summed E-state index contributed by atoms with van der Waals surface area (Å²) in [6.45, 7) is 1.94. The highest BCUT2D eigenvalue weighted by atomic mass is 19.1. The lowest BCUT2D eigenvalue weighted by Crippen LogP contribution is -2.14. The molecule has 3 aromatic heterocycles. The van der Waals surface area contributed by atoms with Gasteiger partial charge in [-0.25, -0.2) is 24.3 Å². The van der Waals surface area contributed by atoms with Gasteiger partial charge in [0, 0.05) is 18.3 Å². The van der Waals surface area contributed by atoms with Crippen molar-refractivity contribution in [3.63, 3.8) is 0 Å². The maximum absolute atomic E-state index is 13.7. The van der Waals surface area contributed by atoms with Crippen LogP contribution in [-0.4, -0.2) is 24.5 Å². The molecule has 4 aromatic rings. The molecule has 0 bridgehead atoms. The number of aromatic nitrogens is 5. The number of nitrogen functional groups attached to an aromatic ring is 1. The van der Waals surface area contributed by atoms with Crippen molar-refractivity contribution < 1.29 is 4.39 Å². The zero-order chi connectivity index (χ0) is 18.1. The lowest BCUT2D eigenvalue weighted by atomic mass is 10.3. The Morgan fingerprint density at radius 1 is 1.12 bits per heavy atom. The largest absolute Gasteiger partial charge is 0.384 e. The van der Waals surface area contributed by atoms with Gasteiger partial charge in [0.2, 0.25) is 0 Å². The minimum absolute atomic E-state index is 0.234. The topological polar surface area (TPSA) is 94.5 Å². The summed E-state index contributed by atoms with van der Waals surface area (Å²) >= 11 is 0. The molecule has 8 heteroatoms. The maximum Gasteiger partial charge on any atom is 0.138 e. The Morgan fingerprint density at radius 2 is 2.00 bits per heavy atom. The fourth-order valence-corrected chi connectivity index (χ4v) is 2.83. The number of benzene rings is 1. The summed E-state index contributed by atoms with van der Waals surface area (Å²) in [5, 5.41) is 3.25. The molecule has 0 fully saturated rings. The van der Waals surface area contributed by atoms with Crippen molar-refractivity contribution in [3.05, 3.63) is 66.6 Å². The summed E-state index contributed by atoms with van der Waals surface area (Å²) in [5.41, 5.74) is 7.04. The molecule has 0 spiro atoms. The quantitative estimate of drug-likeness (QED) is 0.588. The zero-order valence-electron chi connectivity index (χ0n) is 14.0. The third kappa shape index (κ3) is 2.92. The summed E-state index contributed by atoms with van der Waals surface area (Å²) in [6, 6.07) is 11.5. The lowest BCUT2D eigenvalue weighted by molar-refractivity contribution is 0.629. The molecule has 7 nitrogen and oxygen atoms in total. The van der Waals surface area contributed by atoms with E-state index in [1.807, 2.05) is 29.7 Å². The van der Waals surface area contributed by atoms with E-state index in [9.17, 15) is 4.39 Å². The van der Waals surface area contributed by atoms with Gasteiger partial charge in [0.25, 0.3) is 0 Å². The summed E-state index contributed by atoms with van der Waals surface area (Å²) in [7, 11) is 0. The molecule has 0 aliphatic heterocycles. The van der Waals surface area contributed by atoms with Crippen molar-refractivity contribution in [3.8, 4) is 5.82 Å². The van der Waals surface area contributed by atoms with Gasteiger partial charge in [-0.15, -0.1) is 0 Å². The molecule has 1 atom stereocenters. The lowest BCUT2D eigenvalue weighted by Gasteiger charge is -2.16. The number of imidazole rings is 1. The SMILES string of the molecule is CC(Nc1cc(N)ncn1)c1nc2cc(F)ccc2n1-c1ccccn1. The van der Waals surface area contributed by atoms with Gasteiger partial charge < -0.3 is 11.1 Å². The highest BCUT2D eigenvalue weighted by molar-refractivity contribution is 5.78. The number of rotatable bonds is 4. The van der Waals surface area contributed by atoms with Crippen LogP contribution in [0.2, 0.25) is 0 Å². The van der Waals surface area contributed by atoms with Gasteiger partial charge in [0.1, 0.15) is 35.4 Å². The van der Waals surface area contributed by atoms with Crippen LogP contribution in [0.1, 0.15) is 18.8 Å². The van der Waals surface area contributed by atoms with Crippen LogP contribution in [-0.2, 0) is 0 Å². The van der Waals surface area contributed by atoms with Crippen molar-refractivity contribution in [2.24, 2.45) is 0 Å².